The topological polar surface area (TPSA) is 98.2 Å². The van der Waals surface area contributed by atoms with Gasteiger partial charge in [-0.15, -0.1) is 0 Å². The average Bonchev–Trinajstić information content (AvgIpc) is 3.12. The van der Waals surface area contributed by atoms with Gasteiger partial charge in [-0.1, -0.05) is 0 Å². The highest BCUT2D eigenvalue weighted by Crippen LogP contribution is 2.26. The fourth-order valence-corrected chi connectivity index (χ4v) is 5.74. The van der Waals surface area contributed by atoms with E-state index in [2.05, 4.69) is 4.90 Å². The Balaban J connectivity index is 1.40. The van der Waals surface area contributed by atoms with Gasteiger partial charge >= 0.3 is 5.97 Å². The molecule has 2 aromatic rings. The Kier molecular flexibility index (Phi) is 5.62. The molecule has 0 bridgehead atoms. The monoisotopic (exact) mass is 443 g/mol. The second-order valence-electron chi connectivity index (χ2n) is 7.87. The summed E-state index contributed by atoms with van der Waals surface area (Å²) in [5.74, 6) is -0.858. The van der Waals surface area contributed by atoms with Crippen LogP contribution in [-0.2, 0) is 10.0 Å². The molecule has 2 aliphatic rings. The number of aromatic carboxylic acids is 1. The number of carboxylic acid groups (broad SMARTS) is 1. The highest BCUT2D eigenvalue weighted by molar-refractivity contribution is 7.93. The van der Waals surface area contributed by atoms with E-state index < -0.39 is 16.0 Å². The minimum Gasteiger partial charge on any atom is -0.478 e. The van der Waals surface area contributed by atoms with Crippen LogP contribution in [-0.4, -0.2) is 68.8 Å². The molecule has 2 fully saturated rings. The standard InChI is InChI=1S/C22H25N3O5S/c1-16-15-18(22(27)28)5-8-20(16)23-10-12-24(13-11-23)21(26)17-3-6-19(7-4-17)25-9-2-14-31(25,29)30/h3-8,15H,2,9-14H2,1H3,(H,27,28). The number of hydrogen-bond acceptors (Lipinski definition) is 5. The zero-order valence-corrected chi connectivity index (χ0v) is 18.1. The number of aryl methyl sites for hydroxylation is 1. The number of amides is 1. The van der Waals surface area contributed by atoms with E-state index >= 15 is 0 Å². The summed E-state index contributed by atoms with van der Waals surface area (Å²) < 4.78 is 25.5. The van der Waals surface area contributed by atoms with Crippen LogP contribution in [0.15, 0.2) is 42.5 Å². The molecule has 0 spiro atoms. The molecule has 2 heterocycles. The van der Waals surface area contributed by atoms with Crippen LogP contribution in [0.4, 0.5) is 11.4 Å². The summed E-state index contributed by atoms with van der Waals surface area (Å²) in [6.45, 7) is 4.79. The van der Waals surface area contributed by atoms with E-state index in [1.54, 1.807) is 41.3 Å². The van der Waals surface area contributed by atoms with E-state index in [9.17, 15) is 18.0 Å². The molecule has 164 valence electrons. The number of rotatable bonds is 4. The molecular formula is C22H25N3O5S. The maximum Gasteiger partial charge on any atom is 0.335 e. The van der Waals surface area contributed by atoms with Crippen LogP contribution < -0.4 is 9.21 Å². The Morgan fingerprint density at radius 3 is 2.10 bits per heavy atom. The summed E-state index contributed by atoms with van der Waals surface area (Å²) in [7, 11) is -3.24. The number of sulfonamides is 1. The number of hydrogen-bond donors (Lipinski definition) is 1. The van der Waals surface area contributed by atoms with Crippen molar-refractivity contribution >= 4 is 33.3 Å². The number of piperazine rings is 1. The van der Waals surface area contributed by atoms with Crippen LogP contribution in [0.25, 0.3) is 0 Å². The van der Waals surface area contributed by atoms with Gasteiger partial charge in [-0.25, -0.2) is 13.2 Å². The summed E-state index contributed by atoms with van der Waals surface area (Å²) in [4.78, 5) is 28.0. The maximum absolute atomic E-state index is 12.9. The van der Waals surface area contributed by atoms with Gasteiger partial charge in [-0.05, 0) is 61.4 Å². The molecule has 31 heavy (non-hydrogen) atoms. The molecule has 0 saturated carbocycles. The number of carbonyl (C=O) groups excluding carboxylic acids is 1. The summed E-state index contributed by atoms with van der Waals surface area (Å²) in [6.07, 6.45) is 0.617. The molecule has 0 unspecified atom stereocenters. The lowest BCUT2D eigenvalue weighted by Crippen LogP contribution is -2.49. The van der Waals surface area contributed by atoms with Crippen LogP contribution in [0.1, 0.15) is 32.7 Å². The minimum atomic E-state index is -3.24. The largest absolute Gasteiger partial charge is 0.478 e. The molecule has 8 nitrogen and oxygen atoms in total. The summed E-state index contributed by atoms with van der Waals surface area (Å²) in [6, 6.07) is 11.8. The second-order valence-corrected chi connectivity index (χ2v) is 9.89. The van der Waals surface area contributed by atoms with Gasteiger partial charge in [0.2, 0.25) is 10.0 Å². The molecule has 0 aliphatic carbocycles. The molecule has 1 N–H and O–H groups in total. The molecule has 2 saturated heterocycles. The summed E-state index contributed by atoms with van der Waals surface area (Å²) in [5.41, 5.74) is 3.27. The van der Waals surface area contributed by atoms with Crippen LogP contribution in [0, 0.1) is 6.92 Å². The molecule has 4 rings (SSSR count). The third kappa shape index (κ3) is 4.23. The molecule has 0 atom stereocenters. The number of nitrogens with zero attached hydrogens (tertiary/aromatic N) is 3. The van der Waals surface area contributed by atoms with Crippen molar-refractivity contribution in [3.05, 3.63) is 59.2 Å². The fourth-order valence-electron chi connectivity index (χ4n) is 4.18. The van der Waals surface area contributed by atoms with Crippen LogP contribution >= 0.6 is 0 Å². The first kappa shape index (κ1) is 21.2. The summed E-state index contributed by atoms with van der Waals surface area (Å²) in [5, 5.41) is 9.13. The predicted octanol–water partition coefficient (Wildman–Crippen LogP) is 2.20. The number of benzene rings is 2. The maximum atomic E-state index is 12.9. The van der Waals surface area contributed by atoms with Gasteiger partial charge in [0.25, 0.3) is 5.91 Å². The Morgan fingerprint density at radius 2 is 1.55 bits per heavy atom. The average molecular weight is 444 g/mol. The third-order valence-corrected chi connectivity index (χ3v) is 7.72. The normalized spacial score (nSPS) is 18.3. The van der Waals surface area contributed by atoms with Gasteiger partial charge in [0.15, 0.2) is 0 Å². The molecule has 9 heteroatoms. The Bertz CT molecular complexity index is 1110. The number of carboxylic acids is 1. The summed E-state index contributed by atoms with van der Waals surface area (Å²) >= 11 is 0. The van der Waals surface area contributed by atoms with Crippen molar-refractivity contribution in [3.8, 4) is 0 Å². The highest BCUT2D eigenvalue weighted by atomic mass is 32.2. The van der Waals surface area contributed by atoms with Gasteiger partial charge in [0.1, 0.15) is 0 Å². The Labute approximate surface area is 181 Å². The van der Waals surface area contributed by atoms with Gasteiger partial charge in [0.05, 0.1) is 17.0 Å². The van der Waals surface area contributed by atoms with Crippen molar-refractivity contribution in [1.82, 2.24) is 4.90 Å². The molecule has 1 amide bonds. The van der Waals surface area contributed by atoms with Gasteiger partial charge in [0, 0.05) is 44.0 Å². The van der Waals surface area contributed by atoms with Crippen molar-refractivity contribution in [2.24, 2.45) is 0 Å². The molecule has 0 aromatic heterocycles. The van der Waals surface area contributed by atoms with E-state index in [1.165, 1.54) is 4.31 Å². The quantitative estimate of drug-likeness (QED) is 0.778. The minimum absolute atomic E-state index is 0.0755. The lowest BCUT2D eigenvalue weighted by Gasteiger charge is -2.37. The van der Waals surface area contributed by atoms with Gasteiger partial charge in [-0.3, -0.25) is 9.10 Å². The lowest BCUT2D eigenvalue weighted by atomic mass is 10.1. The van der Waals surface area contributed by atoms with Crippen LogP contribution in [0.3, 0.4) is 0 Å². The highest BCUT2D eigenvalue weighted by Gasteiger charge is 2.29. The Morgan fingerprint density at radius 1 is 0.903 bits per heavy atom. The zero-order chi connectivity index (χ0) is 22.2. The number of anilines is 2. The third-order valence-electron chi connectivity index (χ3n) is 5.85. The van der Waals surface area contributed by atoms with Crippen LogP contribution in [0.2, 0.25) is 0 Å². The van der Waals surface area contributed by atoms with Gasteiger partial charge in [-0.2, -0.15) is 0 Å². The number of carbonyl (C=O) groups is 2. The van der Waals surface area contributed by atoms with Gasteiger partial charge < -0.3 is 14.9 Å². The van der Waals surface area contributed by atoms with Crippen molar-refractivity contribution < 1.29 is 23.1 Å². The molecule has 2 aromatic carbocycles. The van der Waals surface area contributed by atoms with E-state index in [4.69, 9.17) is 5.11 Å². The molecule has 2 aliphatic heterocycles. The zero-order valence-electron chi connectivity index (χ0n) is 17.3. The predicted molar refractivity (Wildman–Crippen MR) is 118 cm³/mol. The van der Waals surface area contributed by atoms with Crippen molar-refractivity contribution in [2.75, 3.05) is 47.7 Å². The first-order chi connectivity index (χ1) is 14.8. The van der Waals surface area contributed by atoms with Crippen molar-refractivity contribution in [2.45, 2.75) is 13.3 Å². The second kappa shape index (κ2) is 8.22. The first-order valence-electron chi connectivity index (χ1n) is 10.2. The van der Waals surface area contributed by atoms with E-state index in [-0.39, 0.29) is 17.2 Å². The lowest BCUT2D eigenvalue weighted by molar-refractivity contribution is 0.0695. The fraction of sp³-hybridized carbons (Fsp3) is 0.364. The van der Waals surface area contributed by atoms with Crippen LogP contribution in [0.5, 0.6) is 0 Å². The van der Waals surface area contributed by atoms with Crippen molar-refractivity contribution in [3.63, 3.8) is 0 Å². The molecular weight excluding hydrogens is 418 g/mol. The van der Waals surface area contributed by atoms with E-state index in [1.807, 2.05) is 13.0 Å². The van der Waals surface area contributed by atoms with E-state index in [0.717, 1.165) is 11.3 Å². The molecule has 0 radical (unpaired) electrons. The smallest absolute Gasteiger partial charge is 0.335 e. The van der Waals surface area contributed by atoms with Crippen molar-refractivity contribution in [1.29, 1.82) is 0 Å². The first-order valence-corrected chi connectivity index (χ1v) is 11.9. The Hall–Kier alpha value is -3.07. The van der Waals surface area contributed by atoms with E-state index in [0.29, 0.717) is 50.4 Å². The SMILES string of the molecule is Cc1cc(C(=O)O)ccc1N1CCN(C(=O)c2ccc(N3CCCS3(=O)=O)cc2)CC1.